The topological polar surface area (TPSA) is 66.5 Å². The van der Waals surface area contributed by atoms with E-state index in [0.29, 0.717) is 18.9 Å². The summed E-state index contributed by atoms with van der Waals surface area (Å²) in [5.41, 5.74) is 0. The molecule has 2 aliphatic rings. The Bertz CT molecular complexity index is 407. The molecule has 2 saturated heterocycles. The largest absolute Gasteiger partial charge is 0.341 e. The predicted molar refractivity (Wildman–Crippen MR) is 65.4 cm³/mol. The van der Waals surface area contributed by atoms with Crippen molar-refractivity contribution in [2.75, 3.05) is 31.6 Å². The molecule has 0 radical (unpaired) electrons. The summed E-state index contributed by atoms with van der Waals surface area (Å²) in [6.45, 7) is 3.64. The van der Waals surface area contributed by atoms with Crippen LogP contribution in [0.3, 0.4) is 0 Å². The van der Waals surface area contributed by atoms with E-state index in [1.807, 2.05) is 0 Å². The minimum absolute atomic E-state index is 0.00306. The number of hydrogen-bond acceptors (Lipinski definition) is 4. The van der Waals surface area contributed by atoms with Gasteiger partial charge in [-0.25, -0.2) is 8.42 Å². The third-order valence-electron chi connectivity index (χ3n) is 3.94. The Morgan fingerprint density at radius 3 is 2.53 bits per heavy atom. The number of carbonyl (C=O) groups excluding carboxylic acids is 1. The summed E-state index contributed by atoms with van der Waals surface area (Å²) in [7, 11) is -1.19. The molecule has 0 aromatic heterocycles. The van der Waals surface area contributed by atoms with Gasteiger partial charge >= 0.3 is 0 Å². The fraction of sp³-hybridized carbons (Fsp3) is 0.909. The molecule has 0 spiro atoms. The van der Waals surface area contributed by atoms with Crippen LogP contribution in [0.25, 0.3) is 0 Å². The van der Waals surface area contributed by atoms with Gasteiger partial charge in [0.1, 0.15) is 0 Å². The highest BCUT2D eigenvalue weighted by Crippen LogP contribution is 2.22. The molecule has 0 saturated carbocycles. The van der Waals surface area contributed by atoms with Gasteiger partial charge in [0.25, 0.3) is 0 Å². The molecular weight excluding hydrogens is 240 g/mol. The monoisotopic (exact) mass is 260 g/mol. The molecule has 1 N–H and O–H groups in total. The molecule has 0 aliphatic carbocycles. The number of hydrogen-bond donors (Lipinski definition) is 1. The molecule has 2 heterocycles. The Morgan fingerprint density at radius 1 is 1.35 bits per heavy atom. The van der Waals surface area contributed by atoms with E-state index >= 15 is 0 Å². The van der Waals surface area contributed by atoms with Crippen molar-refractivity contribution in [2.45, 2.75) is 19.4 Å². The summed E-state index contributed by atoms with van der Waals surface area (Å²) in [5, 5.41) is 3.20. The van der Waals surface area contributed by atoms with E-state index in [2.05, 4.69) is 12.2 Å². The smallest absolute Gasteiger partial charge is 0.227 e. The summed E-state index contributed by atoms with van der Waals surface area (Å²) in [6.07, 6.45) is 0.582. The molecule has 2 aliphatic heterocycles. The Morgan fingerprint density at radius 2 is 2.06 bits per heavy atom. The molecule has 1 unspecified atom stereocenters. The van der Waals surface area contributed by atoms with Gasteiger partial charge in [-0.05, 0) is 18.9 Å². The second-order valence-electron chi connectivity index (χ2n) is 5.25. The summed E-state index contributed by atoms with van der Waals surface area (Å²) in [4.78, 5) is 13.9. The number of rotatable bonds is 2. The predicted octanol–water partition coefficient (Wildman–Crippen LogP) is -0.513. The van der Waals surface area contributed by atoms with Crippen LogP contribution in [0.5, 0.6) is 0 Å². The minimum atomic E-state index is -2.92. The molecule has 17 heavy (non-hydrogen) atoms. The maximum absolute atomic E-state index is 12.2. The quantitative estimate of drug-likeness (QED) is 0.726. The van der Waals surface area contributed by atoms with Crippen LogP contribution in [0.2, 0.25) is 0 Å². The standard InChI is InChI=1S/C11H20N2O3S/c1-8-5-12-6-10(8)11(14)13(2)9-3-4-17(15,16)7-9/h8-10,12H,3-7H2,1-2H3/t8-,9?,10-/m1/s1. The summed E-state index contributed by atoms with van der Waals surface area (Å²) >= 11 is 0. The number of carbonyl (C=O) groups is 1. The lowest BCUT2D eigenvalue weighted by molar-refractivity contribution is -0.136. The molecule has 3 atom stereocenters. The first-order chi connectivity index (χ1) is 7.91. The van der Waals surface area contributed by atoms with Crippen LogP contribution in [0.15, 0.2) is 0 Å². The van der Waals surface area contributed by atoms with E-state index in [1.54, 1.807) is 11.9 Å². The first-order valence-corrected chi connectivity index (χ1v) is 7.90. The summed E-state index contributed by atoms with van der Waals surface area (Å²) in [6, 6.07) is -0.125. The van der Waals surface area contributed by atoms with E-state index in [1.165, 1.54) is 0 Å². The third kappa shape index (κ3) is 2.63. The molecule has 0 aromatic carbocycles. The van der Waals surface area contributed by atoms with Crippen LogP contribution in [-0.4, -0.2) is 56.9 Å². The summed E-state index contributed by atoms with van der Waals surface area (Å²) < 4.78 is 22.8. The van der Waals surface area contributed by atoms with Gasteiger partial charge in [-0.15, -0.1) is 0 Å². The first-order valence-electron chi connectivity index (χ1n) is 6.08. The molecule has 0 bridgehead atoms. The molecule has 5 nitrogen and oxygen atoms in total. The molecule has 1 amide bonds. The zero-order valence-electron chi connectivity index (χ0n) is 10.3. The second-order valence-corrected chi connectivity index (χ2v) is 7.48. The fourth-order valence-electron chi connectivity index (χ4n) is 2.66. The van der Waals surface area contributed by atoms with E-state index in [4.69, 9.17) is 0 Å². The van der Waals surface area contributed by atoms with E-state index in [-0.39, 0.29) is 29.4 Å². The van der Waals surface area contributed by atoms with Crippen molar-refractivity contribution in [3.05, 3.63) is 0 Å². The van der Waals surface area contributed by atoms with Crippen LogP contribution < -0.4 is 5.32 Å². The van der Waals surface area contributed by atoms with Gasteiger partial charge in [0.05, 0.1) is 17.4 Å². The zero-order valence-corrected chi connectivity index (χ0v) is 11.2. The van der Waals surface area contributed by atoms with Crippen LogP contribution in [-0.2, 0) is 14.6 Å². The van der Waals surface area contributed by atoms with E-state index < -0.39 is 9.84 Å². The Balaban J connectivity index is 2.00. The van der Waals surface area contributed by atoms with Crippen molar-refractivity contribution in [3.8, 4) is 0 Å². The highest BCUT2D eigenvalue weighted by molar-refractivity contribution is 7.91. The molecule has 98 valence electrons. The van der Waals surface area contributed by atoms with Gasteiger partial charge in [-0.3, -0.25) is 4.79 Å². The van der Waals surface area contributed by atoms with Crippen molar-refractivity contribution in [2.24, 2.45) is 11.8 Å². The number of nitrogens with one attached hydrogen (secondary N) is 1. The lowest BCUT2D eigenvalue weighted by Gasteiger charge is -2.27. The van der Waals surface area contributed by atoms with Gasteiger partial charge in [0.15, 0.2) is 9.84 Å². The second kappa shape index (κ2) is 4.57. The number of amides is 1. The average Bonchev–Trinajstić information content (AvgIpc) is 2.82. The Hall–Kier alpha value is -0.620. The summed E-state index contributed by atoms with van der Waals surface area (Å²) in [5.74, 6) is 0.771. The average molecular weight is 260 g/mol. The fourth-order valence-corrected chi connectivity index (χ4v) is 4.44. The molecule has 6 heteroatoms. The van der Waals surface area contributed by atoms with Gasteiger partial charge in [-0.1, -0.05) is 6.92 Å². The third-order valence-corrected chi connectivity index (χ3v) is 5.69. The Kier molecular flexibility index (Phi) is 3.45. The van der Waals surface area contributed by atoms with Crippen molar-refractivity contribution in [1.82, 2.24) is 10.2 Å². The van der Waals surface area contributed by atoms with Crippen molar-refractivity contribution in [1.29, 1.82) is 0 Å². The molecule has 0 aromatic rings. The zero-order chi connectivity index (χ0) is 12.6. The van der Waals surface area contributed by atoms with Gasteiger partial charge in [0, 0.05) is 19.6 Å². The highest BCUT2D eigenvalue weighted by Gasteiger charge is 2.37. The maximum Gasteiger partial charge on any atom is 0.227 e. The maximum atomic E-state index is 12.2. The minimum Gasteiger partial charge on any atom is -0.341 e. The van der Waals surface area contributed by atoms with Crippen molar-refractivity contribution < 1.29 is 13.2 Å². The van der Waals surface area contributed by atoms with Crippen molar-refractivity contribution in [3.63, 3.8) is 0 Å². The SMILES string of the molecule is C[C@@H]1CNC[C@H]1C(=O)N(C)C1CCS(=O)(=O)C1. The molecule has 2 rings (SSSR count). The molecular formula is C11H20N2O3S. The normalized spacial score (nSPS) is 36.0. The van der Waals surface area contributed by atoms with Crippen LogP contribution in [0, 0.1) is 11.8 Å². The lowest BCUT2D eigenvalue weighted by Crippen LogP contribution is -2.43. The van der Waals surface area contributed by atoms with E-state index in [9.17, 15) is 13.2 Å². The number of nitrogens with zero attached hydrogens (tertiary/aromatic N) is 1. The van der Waals surface area contributed by atoms with Gasteiger partial charge < -0.3 is 10.2 Å². The number of sulfone groups is 1. The lowest BCUT2D eigenvalue weighted by atomic mass is 9.96. The van der Waals surface area contributed by atoms with E-state index in [0.717, 1.165) is 6.54 Å². The first kappa shape index (κ1) is 12.8. The van der Waals surface area contributed by atoms with Crippen LogP contribution in [0.4, 0.5) is 0 Å². The van der Waals surface area contributed by atoms with Gasteiger partial charge in [-0.2, -0.15) is 0 Å². The Labute approximate surface area is 102 Å². The highest BCUT2D eigenvalue weighted by atomic mass is 32.2. The van der Waals surface area contributed by atoms with Crippen molar-refractivity contribution >= 4 is 15.7 Å². The van der Waals surface area contributed by atoms with Crippen LogP contribution in [0.1, 0.15) is 13.3 Å². The van der Waals surface area contributed by atoms with Crippen LogP contribution >= 0.6 is 0 Å². The molecule has 2 fully saturated rings. The van der Waals surface area contributed by atoms with Gasteiger partial charge in [0.2, 0.25) is 5.91 Å².